The molecule has 2 rings (SSSR count). The van der Waals surface area contributed by atoms with Gasteiger partial charge in [-0.15, -0.1) is 0 Å². The normalized spacial score (nSPS) is 14.7. The molecule has 0 spiro atoms. The summed E-state index contributed by atoms with van der Waals surface area (Å²) in [5.74, 6) is 0.161. The molecule has 0 aliphatic rings. The van der Waals surface area contributed by atoms with Crippen LogP contribution in [0.3, 0.4) is 0 Å². The summed E-state index contributed by atoms with van der Waals surface area (Å²) in [6.45, 7) is 5.47. The monoisotopic (exact) mass is 426 g/mol. The minimum Gasteiger partial charge on any atom is -0.263 e. The molecule has 0 aromatic heterocycles. The molecule has 2 atom stereocenters. The summed E-state index contributed by atoms with van der Waals surface area (Å²) < 4.78 is 60.5. The van der Waals surface area contributed by atoms with Crippen molar-refractivity contribution in [2.24, 2.45) is 5.92 Å². The average Bonchev–Trinajstić information content (AvgIpc) is 2.61. The molecule has 0 N–H and O–H groups in total. The van der Waals surface area contributed by atoms with Crippen molar-refractivity contribution in [1.29, 1.82) is 0 Å². The lowest BCUT2D eigenvalue weighted by atomic mass is 10.0. The van der Waals surface area contributed by atoms with Crippen molar-refractivity contribution in [3.63, 3.8) is 0 Å². The van der Waals surface area contributed by atoms with Crippen LogP contribution in [0.1, 0.15) is 33.6 Å². The fourth-order valence-corrected chi connectivity index (χ4v) is 5.02. The SMILES string of the molecule is CC(C)CC(CC(C)OS(=O)(=O)c1ccccc1)OS(=O)(=O)c1ccccc1. The van der Waals surface area contributed by atoms with Crippen molar-refractivity contribution in [3.05, 3.63) is 60.7 Å². The van der Waals surface area contributed by atoms with Gasteiger partial charge in [0.2, 0.25) is 0 Å². The van der Waals surface area contributed by atoms with E-state index in [1.54, 1.807) is 43.3 Å². The highest BCUT2D eigenvalue weighted by atomic mass is 32.2. The molecule has 2 unspecified atom stereocenters. The summed E-state index contributed by atoms with van der Waals surface area (Å²) in [5, 5.41) is 0. The summed E-state index contributed by atoms with van der Waals surface area (Å²) in [6.07, 6.45) is -0.882. The van der Waals surface area contributed by atoms with Crippen LogP contribution in [0.15, 0.2) is 70.5 Å². The van der Waals surface area contributed by atoms with Crippen LogP contribution in [0.5, 0.6) is 0 Å². The van der Waals surface area contributed by atoms with E-state index in [9.17, 15) is 16.8 Å². The fourth-order valence-electron chi connectivity index (χ4n) is 2.79. The molecule has 0 aliphatic heterocycles. The zero-order chi connectivity index (χ0) is 20.8. The summed E-state index contributed by atoms with van der Waals surface area (Å²) in [5.41, 5.74) is 0. The second-order valence-corrected chi connectivity index (χ2v) is 10.2. The molecule has 0 radical (unpaired) electrons. The molecule has 28 heavy (non-hydrogen) atoms. The molecule has 2 aromatic rings. The third-order valence-electron chi connectivity index (χ3n) is 3.95. The van der Waals surface area contributed by atoms with Gasteiger partial charge < -0.3 is 0 Å². The van der Waals surface area contributed by atoms with Crippen molar-refractivity contribution in [1.82, 2.24) is 0 Å². The largest absolute Gasteiger partial charge is 0.297 e. The van der Waals surface area contributed by atoms with Gasteiger partial charge in [0.15, 0.2) is 0 Å². The molecular formula is C20H26O6S2. The van der Waals surface area contributed by atoms with Crippen LogP contribution in [-0.2, 0) is 28.6 Å². The number of benzene rings is 2. The molecule has 8 heteroatoms. The predicted octanol–water partition coefficient (Wildman–Crippen LogP) is 3.99. The van der Waals surface area contributed by atoms with Gasteiger partial charge in [0.1, 0.15) is 0 Å². The van der Waals surface area contributed by atoms with Crippen molar-refractivity contribution in [3.8, 4) is 0 Å². The van der Waals surface area contributed by atoms with Gasteiger partial charge in [-0.2, -0.15) is 16.8 Å². The minimum absolute atomic E-state index is 0.0556. The van der Waals surface area contributed by atoms with E-state index in [0.29, 0.717) is 6.42 Å². The topological polar surface area (TPSA) is 86.7 Å². The Kier molecular flexibility index (Phi) is 7.77. The Morgan fingerprint density at radius 1 is 0.679 bits per heavy atom. The quantitative estimate of drug-likeness (QED) is 0.534. The van der Waals surface area contributed by atoms with Crippen molar-refractivity contribution in [2.45, 2.75) is 55.6 Å². The van der Waals surface area contributed by atoms with E-state index in [-0.39, 0.29) is 22.1 Å². The third-order valence-corrected chi connectivity index (χ3v) is 6.75. The molecule has 0 saturated heterocycles. The Labute approximate surface area is 167 Å². The van der Waals surface area contributed by atoms with E-state index in [2.05, 4.69) is 0 Å². The van der Waals surface area contributed by atoms with Crippen LogP contribution >= 0.6 is 0 Å². The lowest BCUT2D eigenvalue weighted by molar-refractivity contribution is 0.114. The Bertz CT molecular complexity index is 939. The highest BCUT2D eigenvalue weighted by Crippen LogP contribution is 2.23. The molecule has 0 saturated carbocycles. The second-order valence-electron chi connectivity index (χ2n) is 7.02. The van der Waals surface area contributed by atoms with E-state index in [1.807, 2.05) is 13.8 Å². The standard InChI is InChI=1S/C20H26O6S2/c1-16(2)14-18(26-28(23,24)20-12-8-5-9-13-20)15-17(3)25-27(21,22)19-10-6-4-7-11-19/h4-13,16-18H,14-15H2,1-3H3. The van der Waals surface area contributed by atoms with Crippen LogP contribution in [0.2, 0.25) is 0 Å². The van der Waals surface area contributed by atoms with Gasteiger partial charge in [-0.1, -0.05) is 50.2 Å². The van der Waals surface area contributed by atoms with Crippen molar-refractivity contribution >= 4 is 20.2 Å². The lowest BCUT2D eigenvalue weighted by Gasteiger charge is -2.22. The van der Waals surface area contributed by atoms with Gasteiger partial charge in [-0.3, -0.25) is 8.37 Å². The first-order valence-corrected chi connectivity index (χ1v) is 11.9. The molecule has 6 nitrogen and oxygen atoms in total. The molecular weight excluding hydrogens is 400 g/mol. The maximum absolute atomic E-state index is 12.5. The Morgan fingerprint density at radius 2 is 1.11 bits per heavy atom. The van der Waals surface area contributed by atoms with Gasteiger partial charge >= 0.3 is 0 Å². The average molecular weight is 427 g/mol. The number of rotatable bonds is 10. The highest BCUT2D eigenvalue weighted by Gasteiger charge is 2.27. The van der Waals surface area contributed by atoms with Crippen LogP contribution in [-0.4, -0.2) is 29.0 Å². The number of hydrogen-bond acceptors (Lipinski definition) is 6. The fraction of sp³-hybridized carbons (Fsp3) is 0.400. The predicted molar refractivity (Wildman–Crippen MR) is 107 cm³/mol. The Balaban J connectivity index is 2.11. The molecule has 2 aromatic carbocycles. The molecule has 0 amide bonds. The minimum atomic E-state index is -3.95. The van der Waals surface area contributed by atoms with Crippen molar-refractivity contribution in [2.75, 3.05) is 0 Å². The van der Waals surface area contributed by atoms with Gasteiger partial charge in [0, 0.05) is 6.42 Å². The third kappa shape index (κ3) is 6.70. The maximum Gasteiger partial charge on any atom is 0.297 e. The lowest BCUT2D eigenvalue weighted by Crippen LogP contribution is -2.27. The van der Waals surface area contributed by atoms with E-state index in [1.165, 1.54) is 24.3 Å². The molecule has 0 fully saturated rings. The van der Waals surface area contributed by atoms with Gasteiger partial charge in [-0.05, 0) is 43.5 Å². The Morgan fingerprint density at radius 3 is 1.54 bits per heavy atom. The zero-order valence-corrected chi connectivity index (χ0v) is 17.8. The van der Waals surface area contributed by atoms with Crippen LogP contribution in [0.4, 0.5) is 0 Å². The van der Waals surface area contributed by atoms with Crippen LogP contribution in [0.25, 0.3) is 0 Å². The van der Waals surface area contributed by atoms with E-state index in [4.69, 9.17) is 8.37 Å². The van der Waals surface area contributed by atoms with Crippen LogP contribution < -0.4 is 0 Å². The van der Waals surface area contributed by atoms with Crippen molar-refractivity contribution < 1.29 is 25.2 Å². The summed E-state index contributed by atoms with van der Waals surface area (Å²) >= 11 is 0. The Hall–Kier alpha value is -1.74. The molecule has 0 heterocycles. The van der Waals surface area contributed by atoms with Gasteiger partial charge in [0.05, 0.1) is 22.0 Å². The number of hydrogen-bond donors (Lipinski definition) is 0. The smallest absolute Gasteiger partial charge is 0.263 e. The van der Waals surface area contributed by atoms with Crippen LogP contribution in [0, 0.1) is 5.92 Å². The summed E-state index contributed by atoms with van der Waals surface area (Å²) in [7, 11) is -7.89. The zero-order valence-electron chi connectivity index (χ0n) is 16.2. The van der Waals surface area contributed by atoms with E-state index < -0.39 is 32.4 Å². The first kappa shape index (κ1) is 22.5. The van der Waals surface area contributed by atoms with Gasteiger partial charge in [0.25, 0.3) is 20.2 Å². The molecule has 0 aliphatic carbocycles. The first-order valence-electron chi connectivity index (χ1n) is 9.07. The first-order chi connectivity index (χ1) is 13.1. The molecule has 154 valence electrons. The second kappa shape index (κ2) is 9.65. The summed E-state index contributed by atoms with van der Waals surface area (Å²) in [4.78, 5) is 0.120. The maximum atomic E-state index is 12.5. The highest BCUT2D eigenvalue weighted by molar-refractivity contribution is 7.87. The summed E-state index contributed by atoms with van der Waals surface area (Å²) in [6, 6.07) is 15.7. The molecule has 0 bridgehead atoms. The van der Waals surface area contributed by atoms with E-state index >= 15 is 0 Å². The van der Waals surface area contributed by atoms with Gasteiger partial charge in [-0.25, -0.2) is 0 Å². The van der Waals surface area contributed by atoms with E-state index in [0.717, 1.165) is 0 Å².